The molecule has 5 heteroatoms. The van der Waals surface area contributed by atoms with Crippen LogP contribution >= 0.6 is 0 Å². The zero-order valence-corrected chi connectivity index (χ0v) is 15.4. The summed E-state index contributed by atoms with van der Waals surface area (Å²) in [6.45, 7) is 2.79. The molecule has 0 bridgehead atoms. The van der Waals surface area contributed by atoms with Crippen LogP contribution in [-0.4, -0.2) is 18.5 Å². The van der Waals surface area contributed by atoms with E-state index in [9.17, 15) is 9.18 Å². The third kappa shape index (κ3) is 4.19. The molecule has 2 N–H and O–H groups in total. The van der Waals surface area contributed by atoms with E-state index in [0.29, 0.717) is 24.7 Å². The molecule has 4 nitrogen and oxygen atoms in total. The van der Waals surface area contributed by atoms with Crippen LogP contribution in [-0.2, 0) is 11.3 Å². The molecule has 2 aromatic carbocycles. The highest BCUT2D eigenvalue weighted by Crippen LogP contribution is 2.23. The van der Waals surface area contributed by atoms with Crippen LogP contribution in [0.2, 0.25) is 0 Å². The number of nitrogens with one attached hydrogen (secondary N) is 2. The maximum Gasteiger partial charge on any atom is 0.275 e. The predicted octanol–water partition coefficient (Wildman–Crippen LogP) is 3.00. The largest absolute Gasteiger partial charge is 0.459 e. The van der Waals surface area contributed by atoms with E-state index in [-0.39, 0.29) is 17.8 Å². The molecule has 2 atom stereocenters. The van der Waals surface area contributed by atoms with Crippen LogP contribution in [0.4, 0.5) is 4.39 Å². The fourth-order valence-electron chi connectivity index (χ4n) is 3.51. The van der Waals surface area contributed by atoms with Crippen molar-refractivity contribution in [3.8, 4) is 0 Å². The summed E-state index contributed by atoms with van der Waals surface area (Å²) < 4.78 is 19.8. The first-order chi connectivity index (χ1) is 13.1. The summed E-state index contributed by atoms with van der Waals surface area (Å²) in [5.41, 5.74) is 1.48. The highest BCUT2D eigenvalue weighted by molar-refractivity contribution is 5.79. The normalized spacial score (nSPS) is 16.2. The van der Waals surface area contributed by atoms with E-state index in [1.807, 2.05) is 43.3 Å². The monoisotopic (exact) mass is 367 g/mol. The Balaban J connectivity index is 1.40. The zero-order valence-electron chi connectivity index (χ0n) is 15.4. The number of hydrogen-bond donors (Lipinski definition) is 2. The van der Waals surface area contributed by atoms with Crippen LogP contribution in [0.1, 0.15) is 37.1 Å². The van der Waals surface area contributed by atoms with Gasteiger partial charge in [-0.15, -0.1) is 0 Å². The number of benzene rings is 2. The number of carbonyl (C=O) groups is 1. The number of halogens is 1. The molecule has 0 radical (unpaired) electrons. The number of para-hydroxylation sites is 1. The number of amides is 1. The molecule has 1 amide bonds. The van der Waals surface area contributed by atoms with Gasteiger partial charge in [0.1, 0.15) is 23.7 Å². The molecule has 1 saturated carbocycles. The number of fused-ring (bicyclic) bond motifs is 1. The van der Waals surface area contributed by atoms with Gasteiger partial charge in [0, 0.05) is 23.8 Å². The SMILES string of the molecule is C[C@@H](NC(=O)C[NH+](Cc1ccccc1F)C1CC1)c1cc2ccccc2o1. The van der Waals surface area contributed by atoms with Gasteiger partial charge in [-0.25, -0.2) is 4.39 Å². The van der Waals surface area contributed by atoms with Crippen molar-refractivity contribution in [3.05, 3.63) is 71.7 Å². The molecule has 3 aromatic rings. The lowest BCUT2D eigenvalue weighted by Crippen LogP contribution is -3.13. The molecule has 1 heterocycles. The standard InChI is InChI=1S/C22H23FN2O2/c1-15(21-12-16-6-3-5-9-20(16)27-21)24-22(26)14-25(18-10-11-18)13-17-7-2-4-8-19(17)23/h2-9,12,15,18H,10-11,13-14H2,1H3,(H,24,26)/p+1/t15-/m1/s1. The van der Waals surface area contributed by atoms with Crippen LogP contribution in [0.25, 0.3) is 11.0 Å². The van der Waals surface area contributed by atoms with E-state index >= 15 is 0 Å². The summed E-state index contributed by atoms with van der Waals surface area (Å²) in [6, 6.07) is 16.8. The van der Waals surface area contributed by atoms with Gasteiger partial charge in [0.25, 0.3) is 5.91 Å². The first kappa shape index (κ1) is 17.7. The van der Waals surface area contributed by atoms with E-state index < -0.39 is 0 Å². The van der Waals surface area contributed by atoms with Gasteiger partial charge in [-0.3, -0.25) is 4.79 Å². The van der Waals surface area contributed by atoms with Crippen LogP contribution in [0.3, 0.4) is 0 Å². The lowest BCUT2D eigenvalue weighted by Gasteiger charge is -2.20. The van der Waals surface area contributed by atoms with Crippen molar-refractivity contribution >= 4 is 16.9 Å². The third-order valence-electron chi connectivity index (χ3n) is 5.17. The van der Waals surface area contributed by atoms with Crippen molar-refractivity contribution in [3.63, 3.8) is 0 Å². The Morgan fingerprint density at radius 2 is 1.96 bits per heavy atom. The molecule has 4 rings (SSSR count). The summed E-state index contributed by atoms with van der Waals surface area (Å²) in [6.07, 6.45) is 2.19. The Hall–Kier alpha value is -2.66. The summed E-state index contributed by atoms with van der Waals surface area (Å²) in [7, 11) is 0. The molecule has 1 aliphatic rings. The Kier molecular flexibility index (Phi) is 4.94. The molecule has 27 heavy (non-hydrogen) atoms. The second kappa shape index (κ2) is 7.53. The highest BCUT2D eigenvalue weighted by atomic mass is 19.1. The van der Waals surface area contributed by atoms with Gasteiger partial charge >= 0.3 is 0 Å². The van der Waals surface area contributed by atoms with Gasteiger partial charge in [-0.2, -0.15) is 0 Å². The lowest BCUT2D eigenvalue weighted by molar-refractivity contribution is -0.917. The molecule has 1 unspecified atom stereocenters. The van der Waals surface area contributed by atoms with E-state index in [1.165, 1.54) is 6.07 Å². The van der Waals surface area contributed by atoms with E-state index in [4.69, 9.17) is 4.42 Å². The lowest BCUT2D eigenvalue weighted by atomic mass is 10.2. The number of carbonyl (C=O) groups excluding carboxylic acids is 1. The van der Waals surface area contributed by atoms with Crippen LogP contribution in [0.5, 0.6) is 0 Å². The van der Waals surface area contributed by atoms with Crippen molar-refractivity contribution in [1.29, 1.82) is 0 Å². The highest BCUT2D eigenvalue weighted by Gasteiger charge is 2.35. The average molecular weight is 367 g/mol. The molecule has 1 aromatic heterocycles. The fourth-order valence-corrected chi connectivity index (χ4v) is 3.51. The molecule has 0 spiro atoms. The minimum Gasteiger partial charge on any atom is -0.459 e. The number of hydrogen-bond acceptors (Lipinski definition) is 2. The van der Waals surface area contributed by atoms with Crippen molar-refractivity contribution in [2.45, 2.75) is 38.4 Å². The molecule has 0 aliphatic heterocycles. The third-order valence-corrected chi connectivity index (χ3v) is 5.17. The fraction of sp³-hybridized carbons (Fsp3) is 0.318. The Labute approximate surface area is 158 Å². The topological polar surface area (TPSA) is 46.7 Å². The van der Waals surface area contributed by atoms with Gasteiger partial charge in [0.2, 0.25) is 0 Å². The summed E-state index contributed by atoms with van der Waals surface area (Å²) in [4.78, 5) is 13.7. The van der Waals surface area contributed by atoms with Crippen molar-refractivity contribution < 1.29 is 18.5 Å². The summed E-state index contributed by atoms with van der Waals surface area (Å²) in [5, 5.41) is 4.05. The smallest absolute Gasteiger partial charge is 0.275 e. The molecule has 140 valence electrons. The van der Waals surface area contributed by atoms with E-state index in [2.05, 4.69) is 5.32 Å². The molecule has 1 aliphatic carbocycles. The predicted molar refractivity (Wildman–Crippen MR) is 102 cm³/mol. The van der Waals surface area contributed by atoms with Gasteiger partial charge in [0.05, 0.1) is 12.1 Å². The second-order valence-electron chi connectivity index (χ2n) is 7.35. The first-order valence-corrected chi connectivity index (χ1v) is 9.46. The Morgan fingerprint density at radius 3 is 2.70 bits per heavy atom. The van der Waals surface area contributed by atoms with Gasteiger partial charge < -0.3 is 14.6 Å². The van der Waals surface area contributed by atoms with Gasteiger partial charge in [-0.05, 0) is 25.1 Å². The van der Waals surface area contributed by atoms with Gasteiger partial charge in [0.15, 0.2) is 6.54 Å². The molecular weight excluding hydrogens is 343 g/mol. The molecule has 0 saturated heterocycles. The van der Waals surface area contributed by atoms with Crippen LogP contribution in [0, 0.1) is 5.82 Å². The maximum atomic E-state index is 14.0. The van der Waals surface area contributed by atoms with Crippen molar-refractivity contribution in [2.75, 3.05) is 6.54 Å². The maximum absolute atomic E-state index is 14.0. The number of rotatable bonds is 7. The average Bonchev–Trinajstić information content (AvgIpc) is 3.41. The summed E-state index contributed by atoms with van der Waals surface area (Å²) >= 11 is 0. The first-order valence-electron chi connectivity index (χ1n) is 9.46. The molecule has 1 fully saturated rings. The van der Waals surface area contributed by atoms with Crippen molar-refractivity contribution in [2.24, 2.45) is 0 Å². The van der Waals surface area contributed by atoms with E-state index in [1.54, 1.807) is 12.1 Å². The van der Waals surface area contributed by atoms with Crippen LogP contribution < -0.4 is 10.2 Å². The number of quaternary nitrogens is 1. The van der Waals surface area contributed by atoms with E-state index in [0.717, 1.165) is 34.5 Å². The number of furan rings is 1. The van der Waals surface area contributed by atoms with Gasteiger partial charge in [-0.1, -0.05) is 36.4 Å². The van der Waals surface area contributed by atoms with Crippen molar-refractivity contribution in [1.82, 2.24) is 5.32 Å². The quantitative estimate of drug-likeness (QED) is 0.674. The second-order valence-corrected chi connectivity index (χ2v) is 7.35. The zero-order chi connectivity index (χ0) is 18.8. The Morgan fingerprint density at radius 1 is 1.22 bits per heavy atom. The Bertz CT molecular complexity index is 915. The van der Waals surface area contributed by atoms with Crippen LogP contribution in [0.15, 0.2) is 59.0 Å². The minimum atomic E-state index is -0.209. The summed E-state index contributed by atoms with van der Waals surface area (Å²) in [5.74, 6) is 0.500. The molecular formula is C22H24FN2O2+. The minimum absolute atomic E-state index is 0.0406.